The lowest BCUT2D eigenvalue weighted by Crippen LogP contribution is -1.64. The molecule has 0 spiro atoms. The second kappa shape index (κ2) is 1.87. The highest BCUT2D eigenvalue weighted by Gasteiger charge is 1.99. The highest BCUT2D eigenvalue weighted by atomic mass is 35.5. The van der Waals surface area contributed by atoms with E-state index in [4.69, 9.17) is 11.6 Å². The van der Waals surface area contributed by atoms with E-state index in [-0.39, 0.29) is 9.79 Å². The summed E-state index contributed by atoms with van der Waals surface area (Å²) in [4.78, 5) is 0. The van der Waals surface area contributed by atoms with Gasteiger partial charge in [-0.2, -0.15) is 0 Å². The van der Waals surface area contributed by atoms with Crippen LogP contribution in [0.5, 0.6) is 0 Å². The van der Waals surface area contributed by atoms with Gasteiger partial charge in [0.1, 0.15) is 0 Å². The van der Waals surface area contributed by atoms with E-state index in [2.05, 4.69) is 22.4 Å². The number of hydrogen-bond donors (Lipinski definition) is 2. The average molecular weight is 153 g/mol. The summed E-state index contributed by atoms with van der Waals surface area (Å²) < 4.78 is 12.2. The van der Waals surface area contributed by atoms with E-state index >= 15 is 0 Å². The first-order valence-corrected chi connectivity index (χ1v) is 2.62. The molecule has 1 aromatic rings. The van der Waals surface area contributed by atoms with E-state index in [1.54, 1.807) is 0 Å². The monoisotopic (exact) mass is 152 g/mol. The lowest BCUT2D eigenvalue weighted by Gasteiger charge is -1.72. The maximum absolute atomic E-state index is 12.2. The van der Waals surface area contributed by atoms with E-state index in [1.807, 2.05) is 0 Å². The Labute approximate surface area is 54.7 Å². The van der Waals surface area contributed by atoms with Crippen LogP contribution in [0.2, 0.25) is 5.15 Å². The molecule has 8 heavy (non-hydrogen) atoms. The second-order valence-corrected chi connectivity index (χ2v) is 1.99. The number of H-pyrrole nitrogens is 2. The zero-order valence-corrected chi connectivity index (χ0v) is 5.24. The van der Waals surface area contributed by atoms with E-state index in [0.717, 1.165) is 0 Å². The number of hydrogen-bond acceptors (Lipinski definition) is 1. The summed E-state index contributed by atoms with van der Waals surface area (Å²) in [7, 11) is 0. The van der Waals surface area contributed by atoms with Crippen LogP contribution in [0, 0.1) is 10.5 Å². The number of halogens is 2. The van der Waals surface area contributed by atoms with Crippen LogP contribution in [-0.2, 0) is 0 Å². The molecule has 2 nitrogen and oxygen atoms in total. The largest absolute Gasteiger partial charge is 0.287 e. The van der Waals surface area contributed by atoms with Crippen molar-refractivity contribution in [3.8, 4) is 0 Å². The highest BCUT2D eigenvalue weighted by Crippen LogP contribution is 2.08. The van der Waals surface area contributed by atoms with Crippen molar-refractivity contribution in [1.29, 1.82) is 0 Å². The van der Waals surface area contributed by atoms with Crippen LogP contribution >= 0.6 is 23.8 Å². The fourth-order valence-corrected chi connectivity index (χ4v) is 0.672. The Hall–Kier alpha value is -0.350. The minimum absolute atomic E-state index is 0.00926. The summed E-state index contributed by atoms with van der Waals surface area (Å²) in [6.45, 7) is 0. The Morgan fingerprint density at radius 3 is 2.25 bits per heavy atom. The van der Waals surface area contributed by atoms with Crippen molar-refractivity contribution < 1.29 is 4.39 Å². The summed E-state index contributed by atoms with van der Waals surface area (Å²) in [5, 5.41) is 4.54. The second-order valence-electron chi connectivity index (χ2n) is 1.21. The first-order valence-electron chi connectivity index (χ1n) is 1.83. The van der Waals surface area contributed by atoms with Gasteiger partial charge in [-0.1, -0.05) is 23.8 Å². The van der Waals surface area contributed by atoms with Crippen molar-refractivity contribution in [2.24, 2.45) is 0 Å². The van der Waals surface area contributed by atoms with Gasteiger partial charge in [-0.3, -0.25) is 10.2 Å². The molecular weight excluding hydrogens is 151 g/mol. The average Bonchev–Trinajstić information content (AvgIpc) is 1.98. The summed E-state index contributed by atoms with van der Waals surface area (Å²) in [5.74, 6) is -0.596. The summed E-state index contributed by atoms with van der Waals surface area (Å²) in [5.41, 5.74) is 0. The standard InChI is InChI=1S/C3H2ClFN2S/c4-2-1(5)3(8)7-6-2/h(H2,6,7,8). The molecule has 0 aromatic carbocycles. The van der Waals surface area contributed by atoms with Crippen molar-refractivity contribution in [3.63, 3.8) is 0 Å². The Bertz CT molecular complexity index is 240. The first kappa shape index (κ1) is 5.78. The molecule has 0 bridgehead atoms. The van der Waals surface area contributed by atoms with Gasteiger partial charge in [0.25, 0.3) is 0 Å². The van der Waals surface area contributed by atoms with Crippen LogP contribution in [0.1, 0.15) is 0 Å². The van der Waals surface area contributed by atoms with Crippen LogP contribution in [0.3, 0.4) is 0 Å². The fraction of sp³-hybridized carbons (Fsp3) is 0. The summed E-state index contributed by atoms with van der Waals surface area (Å²) in [6.07, 6.45) is 0. The van der Waals surface area contributed by atoms with Crippen molar-refractivity contribution in [1.82, 2.24) is 10.2 Å². The van der Waals surface area contributed by atoms with Gasteiger partial charge in [0.2, 0.25) is 0 Å². The number of rotatable bonds is 0. The Morgan fingerprint density at radius 2 is 2.12 bits per heavy atom. The minimum Gasteiger partial charge on any atom is -0.287 e. The lowest BCUT2D eigenvalue weighted by atomic mass is 10.7. The molecule has 44 valence electrons. The number of nitrogens with one attached hydrogen (secondary N) is 2. The van der Waals surface area contributed by atoms with Gasteiger partial charge in [0, 0.05) is 0 Å². The van der Waals surface area contributed by atoms with Gasteiger partial charge in [-0.05, 0) is 0 Å². The SMILES string of the molecule is Fc1c(Cl)[nH][nH]c1=S. The van der Waals surface area contributed by atoms with Crippen LogP contribution in [0.15, 0.2) is 0 Å². The molecule has 0 aliphatic heterocycles. The third-order valence-corrected chi connectivity index (χ3v) is 1.22. The van der Waals surface area contributed by atoms with Crippen LogP contribution in [-0.4, -0.2) is 10.2 Å². The molecule has 5 heteroatoms. The zero-order valence-electron chi connectivity index (χ0n) is 3.66. The molecule has 0 radical (unpaired) electrons. The van der Waals surface area contributed by atoms with Gasteiger partial charge in [0.05, 0.1) is 0 Å². The molecule has 0 aliphatic rings. The predicted octanol–water partition coefficient (Wildman–Crippen LogP) is 1.86. The molecule has 0 fully saturated rings. The van der Waals surface area contributed by atoms with Gasteiger partial charge in [-0.15, -0.1) is 0 Å². The molecule has 0 amide bonds. The molecule has 1 rings (SSSR count). The van der Waals surface area contributed by atoms with Gasteiger partial charge in [0.15, 0.2) is 15.6 Å². The topological polar surface area (TPSA) is 31.6 Å². The van der Waals surface area contributed by atoms with Gasteiger partial charge >= 0.3 is 0 Å². The van der Waals surface area contributed by atoms with E-state index in [1.165, 1.54) is 0 Å². The van der Waals surface area contributed by atoms with Gasteiger partial charge in [-0.25, -0.2) is 4.39 Å². The predicted molar refractivity (Wildman–Crippen MR) is 30.9 cm³/mol. The maximum atomic E-state index is 12.2. The third-order valence-electron chi connectivity index (χ3n) is 0.678. The normalized spacial score (nSPS) is 9.75. The number of aromatic amines is 2. The van der Waals surface area contributed by atoms with E-state index in [9.17, 15) is 4.39 Å². The summed E-state index contributed by atoms with van der Waals surface area (Å²) in [6, 6.07) is 0. The Kier molecular flexibility index (Phi) is 1.35. The third kappa shape index (κ3) is 0.763. The molecule has 0 unspecified atom stereocenters. The molecule has 0 aliphatic carbocycles. The van der Waals surface area contributed by atoms with E-state index in [0.29, 0.717) is 0 Å². The highest BCUT2D eigenvalue weighted by molar-refractivity contribution is 7.71. The smallest absolute Gasteiger partial charge is 0.195 e. The molecule has 2 N–H and O–H groups in total. The Balaban J connectivity index is 3.41. The van der Waals surface area contributed by atoms with Crippen molar-refractivity contribution in [3.05, 3.63) is 15.6 Å². The first-order chi connectivity index (χ1) is 3.72. The fourth-order valence-electron chi connectivity index (χ4n) is 0.321. The van der Waals surface area contributed by atoms with Crippen LogP contribution in [0.4, 0.5) is 4.39 Å². The van der Waals surface area contributed by atoms with Crippen molar-refractivity contribution in [2.45, 2.75) is 0 Å². The van der Waals surface area contributed by atoms with E-state index < -0.39 is 5.82 Å². The van der Waals surface area contributed by atoms with Crippen LogP contribution in [0.25, 0.3) is 0 Å². The minimum atomic E-state index is -0.596. The summed E-state index contributed by atoms with van der Waals surface area (Å²) >= 11 is 9.63. The van der Waals surface area contributed by atoms with Crippen LogP contribution < -0.4 is 0 Å². The molecule has 1 aromatic heterocycles. The molecule has 0 atom stereocenters. The maximum Gasteiger partial charge on any atom is 0.195 e. The van der Waals surface area contributed by atoms with Crippen molar-refractivity contribution in [2.75, 3.05) is 0 Å². The lowest BCUT2D eigenvalue weighted by molar-refractivity contribution is 0.625. The molecule has 0 saturated heterocycles. The molecule has 1 heterocycles. The zero-order chi connectivity index (χ0) is 6.15. The van der Waals surface area contributed by atoms with Crippen molar-refractivity contribution >= 4 is 23.8 Å². The molecule has 0 saturated carbocycles. The molecular formula is C3H2ClFN2S. The number of aromatic nitrogens is 2. The Morgan fingerprint density at radius 1 is 1.50 bits per heavy atom. The van der Waals surface area contributed by atoms with Gasteiger partial charge < -0.3 is 0 Å². The quantitative estimate of drug-likeness (QED) is 0.547.